The summed E-state index contributed by atoms with van der Waals surface area (Å²) >= 11 is 0. The van der Waals surface area contributed by atoms with Gasteiger partial charge in [-0.15, -0.1) is 0 Å². The number of nitrogens with one attached hydrogen (secondary N) is 1. The molecule has 6 nitrogen and oxygen atoms in total. The molecule has 148 valence electrons. The molecular weight excluding hydrogens is 354 g/mol. The number of carbonyl (C=O) groups excluding carboxylic acids is 1. The number of piperidine rings is 1. The topological polar surface area (TPSA) is 63.7 Å². The minimum Gasteiger partial charge on any atom is -0.347 e. The summed E-state index contributed by atoms with van der Waals surface area (Å²) in [6.45, 7) is 6.91. The van der Waals surface area contributed by atoms with Gasteiger partial charge in [0.2, 0.25) is 0 Å². The highest BCUT2D eigenvalue weighted by Crippen LogP contribution is 2.31. The van der Waals surface area contributed by atoms with Gasteiger partial charge < -0.3 is 19.7 Å². The summed E-state index contributed by atoms with van der Waals surface area (Å²) < 4.78 is 11.5. The number of likely N-dealkylation sites (tertiary alicyclic amines) is 1. The number of hydrogen-bond acceptors (Lipinski definition) is 5. The normalized spacial score (nSPS) is 18.6. The average Bonchev–Trinajstić information content (AvgIpc) is 3.16. The van der Waals surface area contributed by atoms with Crippen LogP contribution in [0.25, 0.3) is 0 Å². The number of nitrogens with zero attached hydrogens (tertiary/aromatic N) is 2. The molecule has 1 aromatic carbocycles. The van der Waals surface area contributed by atoms with E-state index in [4.69, 9.17) is 9.47 Å². The number of benzene rings is 1. The Morgan fingerprint density at radius 3 is 2.43 bits per heavy atom. The summed E-state index contributed by atoms with van der Waals surface area (Å²) in [5, 5.41) is 3.29. The highest BCUT2D eigenvalue weighted by molar-refractivity contribution is 5.95. The van der Waals surface area contributed by atoms with Crippen molar-refractivity contribution >= 4 is 17.4 Å². The predicted octanol–water partition coefficient (Wildman–Crippen LogP) is 3.93. The van der Waals surface area contributed by atoms with Gasteiger partial charge in [0.15, 0.2) is 5.79 Å². The fourth-order valence-electron chi connectivity index (χ4n) is 3.75. The molecule has 6 heteroatoms. The molecule has 4 rings (SSSR count). The molecule has 0 bridgehead atoms. The van der Waals surface area contributed by atoms with E-state index in [0.29, 0.717) is 43.6 Å². The first-order valence-corrected chi connectivity index (χ1v) is 9.95. The van der Waals surface area contributed by atoms with Crippen molar-refractivity contribution in [3.63, 3.8) is 0 Å². The lowest BCUT2D eigenvalue weighted by Gasteiger charge is -2.37. The minimum absolute atomic E-state index is 0.0217. The Kier molecular flexibility index (Phi) is 5.33. The zero-order valence-electron chi connectivity index (χ0n) is 16.5. The van der Waals surface area contributed by atoms with E-state index in [2.05, 4.69) is 36.3 Å². The Bertz CT molecular complexity index is 819. The first-order valence-electron chi connectivity index (χ1n) is 9.95. The van der Waals surface area contributed by atoms with E-state index in [0.717, 1.165) is 18.5 Å². The second kappa shape index (κ2) is 7.89. The molecule has 1 aromatic heterocycles. The lowest BCUT2D eigenvalue weighted by molar-refractivity contribution is -0.181. The number of pyridine rings is 1. The molecule has 1 amide bonds. The fraction of sp³-hybridized carbons (Fsp3) is 0.455. The summed E-state index contributed by atoms with van der Waals surface area (Å²) in [6, 6.07) is 11.9. The SMILES string of the molecule is CC(C)c1ccc(Nc2cc(C(=O)N3CCC4(CC3)OCCO4)ccn2)cc1. The lowest BCUT2D eigenvalue weighted by atomic mass is 10.0. The Labute approximate surface area is 165 Å². The van der Waals surface area contributed by atoms with Crippen LogP contribution in [0.4, 0.5) is 11.5 Å². The Hall–Kier alpha value is -2.44. The van der Waals surface area contributed by atoms with Crippen molar-refractivity contribution in [1.82, 2.24) is 9.88 Å². The van der Waals surface area contributed by atoms with Gasteiger partial charge in [0.1, 0.15) is 5.82 Å². The standard InChI is InChI=1S/C22H27N3O3/c1-16(2)17-3-5-19(6-4-17)24-20-15-18(7-10-23-20)21(26)25-11-8-22(9-12-25)27-13-14-28-22/h3-7,10,15-16H,8-9,11-14H2,1-2H3,(H,23,24). The van der Waals surface area contributed by atoms with Crippen LogP contribution in [-0.2, 0) is 9.47 Å². The highest BCUT2D eigenvalue weighted by Gasteiger charge is 2.40. The van der Waals surface area contributed by atoms with Crippen molar-refractivity contribution in [1.29, 1.82) is 0 Å². The van der Waals surface area contributed by atoms with Crippen LogP contribution in [0.15, 0.2) is 42.6 Å². The number of anilines is 2. The van der Waals surface area contributed by atoms with E-state index in [1.807, 2.05) is 23.1 Å². The molecule has 0 saturated carbocycles. The van der Waals surface area contributed by atoms with E-state index < -0.39 is 5.79 Å². The molecule has 0 unspecified atom stereocenters. The second-order valence-electron chi connectivity index (χ2n) is 7.73. The number of rotatable bonds is 4. The summed E-state index contributed by atoms with van der Waals surface area (Å²) in [5.41, 5.74) is 2.89. The fourth-order valence-corrected chi connectivity index (χ4v) is 3.75. The Balaban J connectivity index is 1.41. The van der Waals surface area contributed by atoms with Gasteiger partial charge >= 0.3 is 0 Å². The average molecular weight is 381 g/mol. The van der Waals surface area contributed by atoms with E-state index in [1.54, 1.807) is 12.3 Å². The molecule has 2 aliphatic heterocycles. The summed E-state index contributed by atoms with van der Waals surface area (Å²) in [7, 11) is 0. The molecule has 2 aromatic rings. The van der Waals surface area contributed by atoms with Gasteiger partial charge in [-0.1, -0.05) is 26.0 Å². The molecule has 0 atom stereocenters. The van der Waals surface area contributed by atoms with Crippen molar-refractivity contribution < 1.29 is 14.3 Å². The maximum absolute atomic E-state index is 12.9. The summed E-state index contributed by atoms with van der Waals surface area (Å²) in [5.74, 6) is 0.716. The first-order chi connectivity index (χ1) is 13.5. The monoisotopic (exact) mass is 381 g/mol. The van der Waals surface area contributed by atoms with Crippen molar-refractivity contribution in [3.05, 3.63) is 53.7 Å². The predicted molar refractivity (Wildman–Crippen MR) is 108 cm³/mol. The van der Waals surface area contributed by atoms with Crippen molar-refractivity contribution in [2.75, 3.05) is 31.6 Å². The first kappa shape index (κ1) is 18.9. The summed E-state index contributed by atoms with van der Waals surface area (Å²) in [4.78, 5) is 19.1. The zero-order chi connectivity index (χ0) is 19.6. The van der Waals surface area contributed by atoms with E-state index in [9.17, 15) is 4.79 Å². The van der Waals surface area contributed by atoms with Crippen LogP contribution in [0.1, 0.15) is 48.5 Å². The number of hydrogen-bond donors (Lipinski definition) is 1. The van der Waals surface area contributed by atoms with Gasteiger partial charge in [0, 0.05) is 43.4 Å². The molecule has 1 N–H and O–H groups in total. The van der Waals surface area contributed by atoms with Gasteiger partial charge in [0.05, 0.1) is 13.2 Å². The third-order valence-electron chi connectivity index (χ3n) is 5.48. The minimum atomic E-state index is -0.468. The van der Waals surface area contributed by atoms with Crippen LogP contribution >= 0.6 is 0 Å². The van der Waals surface area contributed by atoms with Gasteiger partial charge in [0.25, 0.3) is 5.91 Å². The smallest absolute Gasteiger partial charge is 0.254 e. The van der Waals surface area contributed by atoms with Crippen LogP contribution in [0.5, 0.6) is 0 Å². The number of ether oxygens (including phenoxy) is 2. The zero-order valence-corrected chi connectivity index (χ0v) is 16.5. The molecule has 28 heavy (non-hydrogen) atoms. The van der Waals surface area contributed by atoms with Gasteiger partial charge in [-0.2, -0.15) is 0 Å². The number of amides is 1. The van der Waals surface area contributed by atoms with E-state index in [-0.39, 0.29) is 5.91 Å². The molecule has 3 heterocycles. The Morgan fingerprint density at radius 1 is 1.11 bits per heavy atom. The molecule has 0 aliphatic carbocycles. The highest BCUT2D eigenvalue weighted by atomic mass is 16.7. The third kappa shape index (κ3) is 4.03. The number of carbonyl (C=O) groups is 1. The molecule has 1 spiro atoms. The second-order valence-corrected chi connectivity index (χ2v) is 7.73. The maximum atomic E-state index is 12.9. The Morgan fingerprint density at radius 2 is 1.79 bits per heavy atom. The van der Waals surface area contributed by atoms with Crippen molar-refractivity contribution in [3.8, 4) is 0 Å². The molecule has 2 fully saturated rings. The lowest BCUT2D eigenvalue weighted by Crippen LogP contribution is -2.47. The largest absolute Gasteiger partial charge is 0.347 e. The van der Waals surface area contributed by atoms with Crippen LogP contribution in [0.3, 0.4) is 0 Å². The third-order valence-corrected chi connectivity index (χ3v) is 5.48. The number of aromatic nitrogens is 1. The van der Waals surface area contributed by atoms with Gasteiger partial charge in [-0.25, -0.2) is 4.98 Å². The summed E-state index contributed by atoms with van der Waals surface area (Å²) in [6.07, 6.45) is 3.11. The molecular formula is C22H27N3O3. The van der Waals surface area contributed by atoms with Gasteiger partial charge in [-0.05, 0) is 35.7 Å². The van der Waals surface area contributed by atoms with Gasteiger partial charge in [-0.3, -0.25) is 4.79 Å². The molecule has 2 saturated heterocycles. The maximum Gasteiger partial charge on any atom is 0.254 e. The van der Waals surface area contributed by atoms with Crippen LogP contribution in [0, 0.1) is 0 Å². The van der Waals surface area contributed by atoms with Crippen molar-refractivity contribution in [2.45, 2.75) is 38.4 Å². The van der Waals surface area contributed by atoms with Crippen LogP contribution in [0.2, 0.25) is 0 Å². The quantitative estimate of drug-likeness (QED) is 0.869. The van der Waals surface area contributed by atoms with Crippen LogP contribution < -0.4 is 5.32 Å². The van der Waals surface area contributed by atoms with Crippen LogP contribution in [-0.4, -0.2) is 47.9 Å². The van der Waals surface area contributed by atoms with E-state index >= 15 is 0 Å². The molecule has 2 aliphatic rings. The molecule has 0 radical (unpaired) electrons. The van der Waals surface area contributed by atoms with E-state index in [1.165, 1.54) is 5.56 Å². The van der Waals surface area contributed by atoms with Crippen molar-refractivity contribution in [2.24, 2.45) is 0 Å².